The van der Waals surface area contributed by atoms with E-state index in [4.69, 9.17) is 9.47 Å². The van der Waals surface area contributed by atoms with Gasteiger partial charge in [-0.1, -0.05) is 0 Å². The van der Waals surface area contributed by atoms with Gasteiger partial charge in [0, 0.05) is 18.6 Å². The van der Waals surface area contributed by atoms with Gasteiger partial charge in [0.25, 0.3) is 0 Å². The molecule has 4 heteroatoms. The third-order valence-electron chi connectivity index (χ3n) is 3.32. The first-order valence-corrected chi connectivity index (χ1v) is 6.27. The summed E-state index contributed by atoms with van der Waals surface area (Å²) in [7, 11) is 0. The Morgan fingerprint density at radius 3 is 2.69 bits per heavy atom. The fourth-order valence-electron chi connectivity index (χ4n) is 2.10. The molecule has 1 saturated carbocycles. The van der Waals surface area contributed by atoms with Gasteiger partial charge in [-0.15, -0.1) is 0 Å². The molecule has 4 nitrogen and oxygen atoms in total. The molecule has 2 aliphatic rings. The average Bonchev–Trinajstić information content (AvgIpc) is 2.98. The van der Waals surface area contributed by atoms with Crippen molar-refractivity contribution in [3.8, 4) is 0 Å². The maximum Gasteiger partial charge on any atom is 0.163 e. The molecule has 1 saturated heterocycles. The van der Waals surface area contributed by atoms with E-state index in [-0.39, 0.29) is 18.6 Å². The molecule has 2 N–H and O–H groups in total. The molecule has 0 bridgehead atoms. The first-order chi connectivity index (χ1) is 7.61. The van der Waals surface area contributed by atoms with E-state index in [0.717, 1.165) is 19.0 Å². The fourth-order valence-corrected chi connectivity index (χ4v) is 2.10. The molecule has 0 aromatic heterocycles. The molecular formula is C12H23NO3. The smallest absolute Gasteiger partial charge is 0.163 e. The van der Waals surface area contributed by atoms with Crippen LogP contribution in [0.25, 0.3) is 0 Å². The molecule has 16 heavy (non-hydrogen) atoms. The topological polar surface area (TPSA) is 50.7 Å². The highest BCUT2D eigenvalue weighted by molar-refractivity contribution is 4.83. The van der Waals surface area contributed by atoms with Crippen molar-refractivity contribution in [1.29, 1.82) is 0 Å². The van der Waals surface area contributed by atoms with Crippen LogP contribution in [0.5, 0.6) is 0 Å². The van der Waals surface area contributed by atoms with Gasteiger partial charge < -0.3 is 19.9 Å². The van der Waals surface area contributed by atoms with Crippen molar-refractivity contribution in [2.75, 3.05) is 19.8 Å². The fraction of sp³-hybridized carbons (Fsp3) is 1.00. The molecule has 0 aromatic carbocycles. The second kappa shape index (κ2) is 5.00. The maximum absolute atomic E-state index is 9.37. The van der Waals surface area contributed by atoms with Crippen molar-refractivity contribution in [2.24, 2.45) is 5.92 Å². The number of aliphatic hydroxyl groups excluding tert-OH is 1. The minimum absolute atomic E-state index is 0.0426. The van der Waals surface area contributed by atoms with Crippen LogP contribution in [-0.2, 0) is 9.47 Å². The Bertz CT molecular complexity index is 228. The van der Waals surface area contributed by atoms with E-state index in [1.54, 1.807) is 0 Å². The third-order valence-corrected chi connectivity index (χ3v) is 3.32. The molecule has 1 aliphatic heterocycles. The molecule has 0 aromatic rings. The first-order valence-electron chi connectivity index (χ1n) is 6.27. The van der Waals surface area contributed by atoms with Crippen LogP contribution < -0.4 is 5.32 Å². The van der Waals surface area contributed by atoms with E-state index in [1.165, 1.54) is 12.8 Å². The van der Waals surface area contributed by atoms with Gasteiger partial charge in [0.1, 0.15) is 0 Å². The van der Waals surface area contributed by atoms with Crippen LogP contribution in [0.2, 0.25) is 0 Å². The predicted molar refractivity (Wildman–Crippen MR) is 61.1 cm³/mol. The summed E-state index contributed by atoms with van der Waals surface area (Å²) in [4.78, 5) is 0. The lowest BCUT2D eigenvalue weighted by Gasteiger charge is -2.22. The van der Waals surface area contributed by atoms with E-state index in [0.29, 0.717) is 6.61 Å². The van der Waals surface area contributed by atoms with Crippen molar-refractivity contribution in [1.82, 2.24) is 5.32 Å². The van der Waals surface area contributed by atoms with Crippen LogP contribution in [-0.4, -0.2) is 42.8 Å². The quantitative estimate of drug-likeness (QED) is 0.710. The zero-order chi connectivity index (χ0) is 11.6. The Hall–Kier alpha value is -0.160. The largest absolute Gasteiger partial charge is 0.396 e. The molecule has 94 valence electrons. The summed E-state index contributed by atoms with van der Waals surface area (Å²) in [5.74, 6) is -0.296. The van der Waals surface area contributed by atoms with Gasteiger partial charge in [0.2, 0.25) is 0 Å². The van der Waals surface area contributed by atoms with E-state index in [9.17, 15) is 5.11 Å². The summed E-state index contributed by atoms with van der Waals surface area (Å²) in [6.07, 6.45) is 3.61. The van der Waals surface area contributed by atoms with Gasteiger partial charge in [-0.25, -0.2) is 0 Å². The molecule has 2 unspecified atom stereocenters. The summed E-state index contributed by atoms with van der Waals surface area (Å²) < 4.78 is 11.3. The van der Waals surface area contributed by atoms with Gasteiger partial charge >= 0.3 is 0 Å². The highest BCUT2D eigenvalue weighted by Gasteiger charge is 2.36. The molecular weight excluding hydrogens is 206 g/mol. The monoisotopic (exact) mass is 229 g/mol. The van der Waals surface area contributed by atoms with Gasteiger partial charge in [0.05, 0.1) is 12.7 Å². The molecule has 2 atom stereocenters. The number of ether oxygens (including phenoxy) is 2. The number of nitrogens with one attached hydrogen (secondary N) is 1. The van der Waals surface area contributed by atoms with Gasteiger partial charge in [-0.3, -0.25) is 0 Å². The number of rotatable bonds is 6. The minimum atomic E-state index is -0.484. The average molecular weight is 229 g/mol. The van der Waals surface area contributed by atoms with Crippen molar-refractivity contribution < 1.29 is 14.6 Å². The summed E-state index contributed by atoms with van der Waals surface area (Å²) in [5.41, 5.74) is 0. The zero-order valence-electron chi connectivity index (χ0n) is 10.2. The van der Waals surface area contributed by atoms with Crippen LogP contribution in [0.3, 0.4) is 0 Å². The van der Waals surface area contributed by atoms with Gasteiger partial charge in [-0.05, 0) is 39.7 Å². The lowest BCUT2D eigenvalue weighted by molar-refractivity contribution is -0.146. The maximum atomic E-state index is 9.37. The summed E-state index contributed by atoms with van der Waals surface area (Å²) in [6.45, 7) is 5.59. The molecule has 1 heterocycles. The number of hydrogen-bond acceptors (Lipinski definition) is 4. The highest BCUT2D eigenvalue weighted by Crippen LogP contribution is 2.28. The van der Waals surface area contributed by atoms with Crippen molar-refractivity contribution in [3.63, 3.8) is 0 Å². The molecule has 1 aliphatic carbocycles. The summed E-state index contributed by atoms with van der Waals surface area (Å²) >= 11 is 0. The second-order valence-corrected chi connectivity index (χ2v) is 5.33. The molecule has 0 spiro atoms. The Kier molecular flexibility index (Phi) is 3.85. The lowest BCUT2D eigenvalue weighted by atomic mass is 10.00. The highest BCUT2D eigenvalue weighted by atomic mass is 16.7. The Morgan fingerprint density at radius 2 is 2.19 bits per heavy atom. The standard InChI is InChI=1S/C12H23NO3/c1-12(2)15-8-11(16-12)9(7-14)5-6-13-10-3-4-10/h9-11,13-14H,3-8H2,1-2H3. The normalized spacial score (nSPS) is 30.6. The lowest BCUT2D eigenvalue weighted by Crippen LogP contribution is -2.32. The number of aliphatic hydroxyl groups is 1. The van der Waals surface area contributed by atoms with Crippen molar-refractivity contribution >= 4 is 0 Å². The van der Waals surface area contributed by atoms with E-state index in [2.05, 4.69) is 5.32 Å². The second-order valence-electron chi connectivity index (χ2n) is 5.33. The minimum Gasteiger partial charge on any atom is -0.396 e. The van der Waals surface area contributed by atoms with Crippen LogP contribution in [0.4, 0.5) is 0 Å². The van der Waals surface area contributed by atoms with Crippen LogP contribution in [0.1, 0.15) is 33.1 Å². The van der Waals surface area contributed by atoms with Crippen molar-refractivity contribution in [2.45, 2.75) is 51.0 Å². The Balaban J connectivity index is 1.71. The molecule has 2 rings (SSSR count). The Morgan fingerprint density at radius 1 is 1.44 bits per heavy atom. The van der Waals surface area contributed by atoms with E-state index in [1.807, 2.05) is 13.8 Å². The predicted octanol–water partition coefficient (Wildman–Crippen LogP) is 0.888. The van der Waals surface area contributed by atoms with Gasteiger partial charge in [0.15, 0.2) is 5.79 Å². The SMILES string of the molecule is CC1(C)OCC(C(CO)CCNC2CC2)O1. The van der Waals surface area contributed by atoms with Crippen molar-refractivity contribution in [3.05, 3.63) is 0 Å². The van der Waals surface area contributed by atoms with E-state index >= 15 is 0 Å². The molecule has 0 amide bonds. The van der Waals surface area contributed by atoms with E-state index < -0.39 is 5.79 Å². The molecule has 2 fully saturated rings. The van der Waals surface area contributed by atoms with Crippen LogP contribution in [0.15, 0.2) is 0 Å². The first kappa shape index (κ1) is 12.3. The third kappa shape index (κ3) is 3.42. The molecule has 0 radical (unpaired) electrons. The van der Waals surface area contributed by atoms with Gasteiger partial charge in [-0.2, -0.15) is 0 Å². The number of hydrogen-bond donors (Lipinski definition) is 2. The zero-order valence-corrected chi connectivity index (χ0v) is 10.2. The summed E-state index contributed by atoms with van der Waals surface area (Å²) in [6, 6.07) is 0.733. The Labute approximate surface area is 97.3 Å². The van der Waals surface area contributed by atoms with Crippen LogP contribution in [0, 0.1) is 5.92 Å². The van der Waals surface area contributed by atoms with Crippen LogP contribution >= 0.6 is 0 Å². The summed E-state index contributed by atoms with van der Waals surface area (Å²) in [5, 5.41) is 12.8.